The van der Waals surface area contributed by atoms with Crippen molar-refractivity contribution in [3.63, 3.8) is 0 Å². The number of benzene rings is 1. The van der Waals surface area contributed by atoms with Crippen LogP contribution in [0.15, 0.2) is 24.3 Å². The van der Waals surface area contributed by atoms with E-state index < -0.39 is 0 Å². The van der Waals surface area contributed by atoms with Crippen molar-refractivity contribution in [2.45, 2.75) is 32.4 Å². The first-order valence-corrected chi connectivity index (χ1v) is 6.73. The van der Waals surface area contributed by atoms with Gasteiger partial charge in [-0.1, -0.05) is 23.7 Å². The molecule has 0 aliphatic carbocycles. The van der Waals surface area contributed by atoms with Crippen molar-refractivity contribution in [1.29, 1.82) is 0 Å². The lowest BCUT2D eigenvalue weighted by atomic mass is 10.1. The van der Waals surface area contributed by atoms with Crippen LogP contribution < -0.4 is 5.32 Å². The summed E-state index contributed by atoms with van der Waals surface area (Å²) in [7, 11) is 0. The molecule has 1 heterocycles. The molecule has 18 heavy (non-hydrogen) atoms. The van der Waals surface area contributed by atoms with Gasteiger partial charge in [0.25, 0.3) is 0 Å². The fourth-order valence-corrected chi connectivity index (χ4v) is 2.41. The van der Waals surface area contributed by atoms with Crippen LogP contribution in [0.5, 0.6) is 0 Å². The van der Waals surface area contributed by atoms with Gasteiger partial charge >= 0.3 is 0 Å². The molecule has 1 aromatic carbocycles. The Kier molecular flexibility index (Phi) is 4.25. The molecule has 4 heteroatoms. The van der Waals surface area contributed by atoms with Gasteiger partial charge in [-0.25, -0.2) is 0 Å². The fraction of sp³-hybridized carbons (Fsp3) is 0.500. The fourth-order valence-electron chi connectivity index (χ4n) is 2.29. The monoisotopic (exact) mass is 266 g/mol. The van der Waals surface area contributed by atoms with Crippen LogP contribution in [0.2, 0.25) is 5.02 Å². The van der Waals surface area contributed by atoms with Gasteiger partial charge in [0, 0.05) is 30.2 Å². The molecule has 1 saturated heterocycles. The van der Waals surface area contributed by atoms with Gasteiger partial charge in [-0.15, -0.1) is 0 Å². The van der Waals surface area contributed by atoms with E-state index in [4.69, 9.17) is 11.6 Å². The first-order chi connectivity index (χ1) is 8.58. The summed E-state index contributed by atoms with van der Waals surface area (Å²) in [6.07, 6.45) is 0.453. The maximum atomic E-state index is 12.3. The molecule has 1 fully saturated rings. The van der Waals surface area contributed by atoms with Crippen molar-refractivity contribution < 1.29 is 4.79 Å². The molecule has 2 unspecified atom stereocenters. The summed E-state index contributed by atoms with van der Waals surface area (Å²) in [6.45, 7) is 5.87. The highest BCUT2D eigenvalue weighted by Crippen LogP contribution is 2.14. The van der Waals surface area contributed by atoms with Crippen LogP contribution in [0.1, 0.15) is 19.4 Å². The smallest absolute Gasteiger partial charge is 0.227 e. The summed E-state index contributed by atoms with van der Waals surface area (Å²) in [5, 5.41) is 4.08. The third-order valence-corrected chi connectivity index (χ3v) is 3.88. The summed E-state index contributed by atoms with van der Waals surface area (Å²) < 4.78 is 0. The second-order valence-electron chi connectivity index (χ2n) is 4.87. The second-order valence-corrected chi connectivity index (χ2v) is 5.31. The van der Waals surface area contributed by atoms with Gasteiger partial charge in [-0.05, 0) is 31.5 Å². The SMILES string of the molecule is CC1NCCN(C(=O)Cc2ccc(Cl)cc2)C1C. The molecule has 1 aliphatic rings. The third kappa shape index (κ3) is 3.03. The van der Waals surface area contributed by atoms with Crippen LogP contribution >= 0.6 is 11.6 Å². The zero-order valence-corrected chi connectivity index (χ0v) is 11.6. The first kappa shape index (κ1) is 13.4. The highest BCUT2D eigenvalue weighted by atomic mass is 35.5. The van der Waals surface area contributed by atoms with E-state index in [-0.39, 0.29) is 11.9 Å². The molecule has 0 spiro atoms. The lowest BCUT2D eigenvalue weighted by Gasteiger charge is -2.38. The standard InChI is InChI=1S/C14H19ClN2O/c1-10-11(2)17(8-7-16-10)14(18)9-12-3-5-13(15)6-4-12/h3-6,10-11,16H,7-9H2,1-2H3. The van der Waals surface area contributed by atoms with E-state index in [1.165, 1.54) is 0 Å². The summed E-state index contributed by atoms with van der Waals surface area (Å²) in [4.78, 5) is 14.2. The van der Waals surface area contributed by atoms with E-state index in [0.29, 0.717) is 17.5 Å². The van der Waals surface area contributed by atoms with Crippen molar-refractivity contribution in [3.05, 3.63) is 34.9 Å². The average Bonchev–Trinajstić information content (AvgIpc) is 2.35. The maximum Gasteiger partial charge on any atom is 0.227 e. The topological polar surface area (TPSA) is 32.3 Å². The molecule has 0 aromatic heterocycles. The summed E-state index contributed by atoms with van der Waals surface area (Å²) in [5.74, 6) is 0.193. The molecular formula is C14H19ClN2O. The second kappa shape index (κ2) is 5.72. The lowest BCUT2D eigenvalue weighted by Crippen LogP contribution is -2.57. The van der Waals surface area contributed by atoms with Crippen LogP contribution in [-0.4, -0.2) is 36.0 Å². The van der Waals surface area contributed by atoms with Crippen molar-refractivity contribution >= 4 is 17.5 Å². The molecule has 2 atom stereocenters. The van der Waals surface area contributed by atoms with E-state index in [0.717, 1.165) is 18.7 Å². The van der Waals surface area contributed by atoms with Crippen LogP contribution in [0.4, 0.5) is 0 Å². The van der Waals surface area contributed by atoms with E-state index in [2.05, 4.69) is 19.2 Å². The number of hydrogen-bond acceptors (Lipinski definition) is 2. The number of carbonyl (C=O) groups excluding carboxylic acids is 1. The summed E-state index contributed by atoms with van der Waals surface area (Å²) in [5.41, 5.74) is 1.02. The molecule has 0 saturated carbocycles. The molecule has 0 bridgehead atoms. The lowest BCUT2D eigenvalue weighted by molar-refractivity contribution is -0.134. The Morgan fingerprint density at radius 1 is 1.39 bits per heavy atom. The van der Waals surface area contributed by atoms with Gasteiger partial charge in [-0.3, -0.25) is 4.79 Å². The van der Waals surface area contributed by atoms with Gasteiger partial charge in [0.2, 0.25) is 5.91 Å². The Morgan fingerprint density at radius 3 is 2.72 bits per heavy atom. The first-order valence-electron chi connectivity index (χ1n) is 6.35. The minimum atomic E-state index is 0.193. The molecule has 1 amide bonds. The van der Waals surface area contributed by atoms with E-state index in [1.54, 1.807) is 0 Å². The summed E-state index contributed by atoms with van der Waals surface area (Å²) >= 11 is 5.84. The van der Waals surface area contributed by atoms with E-state index in [1.807, 2.05) is 29.2 Å². The predicted octanol–water partition coefficient (Wildman–Crippen LogP) is 2.09. The molecule has 3 nitrogen and oxygen atoms in total. The van der Waals surface area contributed by atoms with Crippen LogP contribution in [0.3, 0.4) is 0 Å². The Hall–Kier alpha value is -1.06. The minimum absolute atomic E-state index is 0.193. The quantitative estimate of drug-likeness (QED) is 0.889. The van der Waals surface area contributed by atoms with Crippen molar-refractivity contribution in [3.8, 4) is 0 Å². The van der Waals surface area contributed by atoms with Gasteiger partial charge in [-0.2, -0.15) is 0 Å². The van der Waals surface area contributed by atoms with Crippen molar-refractivity contribution in [1.82, 2.24) is 10.2 Å². The normalized spacial score (nSPS) is 24.1. The maximum absolute atomic E-state index is 12.3. The number of amides is 1. The Labute approximate surface area is 113 Å². The number of carbonyl (C=O) groups is 1. The number of nitrogens with zero attached hydrogens (tertiary/aromatic N) is 1. The van der Waals surface area contributed by atoms with Crippen molar-refractivity contribution in [2.75, 3.05) is 13.1 Å². The third-order valence-electron chi connectivity index (χ3n) is 3.62. The molecule has 0 radical (unpaired) electrons. The van der Waals surface area contributed by atoms with Gasteiger partial charge in [0.15, 0.2) is 0 Å². The zero-order valence-electron chi connectivity index (χ0n) is 10.8. The highest BCUT2D eigenvalue weighted by molar-refractivity contribution is 6.30. The molecule has 1 N–H and O–H groups in total. The van der Waals surface area contributed by atoms with E-state index in [9.17, 15) is 4.79 Å². The van der Waals surface area contributed by atoms with Crippen LogP contribution in [-0.2, 0) is 11.2 Å². The average molecular weight is 267 g/mol. The number of halogens is 1. The number of hydrogen-bond donors (Lipinski definition) is 1. The number of piperazine rings is 1. The molecule has 1 aromatic rings. The Balaban J connectivity index is 2.01. The highest BCUT2D eigenvalue weighted by Gasteiger charge is 2.27. The van der Waals surface area contributed by atoms with Gasteiger partial charge in [0.1, 0.15) is 0 Å². The Bertz CT molecular complexity index is 418. The molecule has 98 valence electrons. The van der Waals surface area contributed by atoms with Gasteiger partial charge < -0.3 is 10.2 Å². The molecule has 1 aliphatic heterocycles. The number of rotatable bonds is 2. The van der Waals surface area contributed by atoms with E-state index >= 15 is 0 Å². The Morgan fingerprint density at radius 2 is 2.06 bits per heavy atom. The molecular weight excluding hydrogens is 248 g/mol. The largest absolute Gasteiger partial charge is 0.337 e. The van der Waals surface area contributed by atoms with Crippen molar-refractivity contribution in [2.24, 2.45) is 0 Å². The molecule has 2 rings (SSSR count). The number of nitrogens with one attached hydrogen (secondary N) is 1. The minimum Gasteiger partial charge on any atom is -0.337 e. The van der Waals surface area contributed by atoms with Crippen LogP contribution in [0, 0.1) is 0 Å². The zero-order chi connectivity index (χ0) is 13.1. The summed E-state index contributed by atoms with van der Waals surface area (Å²) in [6, 6.07) is 8.08. The van der Waals surface area contributed by atoms with Gasteiger partial charge in [0.05, 0.1) is 6.42 Å². The van der Waals surface area contributed by atoms with Crippen LogP contribution in [0.25, 0.3) is 0 Å². The predicted molar refractivity (Wildman–Crippen MR) is 73.8 cm³/mol.